The van der Waals surface area contributed by atoms with Crippen LogP contribution < -0.4 is 0 Å². The smallest absolute Gasteiger partial charge is 0.306 e. The quantitative estimate of drug-likeness (QED) is 0.0320. The zero-order valence-electron chi connectivity index (χ0n) is 29.8. The molecule has 0 bridgehead atoms. The van der Waals surface area contributed by atoms with Crippen molar-refractivity contribution in [2.24, 2.45) is 0 Å². The summed E-state index contributed by atoms with van der Waals surface area (Å²) in [6.07, 6.45) is 33.2. The number of carbonyl (C=O) groups excluding carboxylic acids is 3. The van der Waals surface area contributed by atoms with Crippen molar-refractivity contribution in [3.63, 3.8) is 0 Å². The van der Waals surface area contributed by atoms with E-state index in [9.17, 15) is 14.4 Å². The highest BCUT2D eigenvalue weighted by Crippen LogP contribution is 2.18. The van der Waals surface area contributed by atoms with Crippen molar-refractivity contribution in [1.29, 1.82) is 0 Å². The first-order chi connectivity index (χ1) is 22.5. The predicted molar refractivity (Wildman–Crippen MR) is 189 cm³/mol. The Morgan fingerprint density at radius 1 is 0.500 bits per heavy atom. The van der Waals surface area contributed by atoms with Crippen molar-refractivity contribution < 1.29 is 33.7 Å². The van der Waals surface area contributed by atoms with Crippen LogP contribution in [0.4, 0.5) is 0 Å². The number of hydrogen-bond donors (Lipinski definition) is 1. The molecule has 7 nitrogen and oxygen atoms in total. The van der Waals surface area contributed by atoms with Gasteiger partial charge in [-0.2, -0.15) is 0 Å². The molecule has 0 fully saturated rings. The maximum atomic E-state index is 12.2. The molecular weight excluding hydrogens is 580 g/mol. The average Bonchev–Trinajstić information content (AvgIpc) is 3.05. The lowest BCUT2D eigenvalue weighted by Crippen LogP contribution is -2.18. The molecule has 0 unspecified atom stereocenters. The van der Waals surface area contributed by atoms with Crippen molar-refractivity contribution in [2.75, 3.05) is 19.8 Å². The minimum atomic E-state index is -0.228. The van der Waals surface area contributed by atoms with Crippen LogP contribution in [0.5, 0.6) is 0 Å². The molecule has 0 atom stereocenters. The molecule has 0 heterocycles. The number of rotatable bonds is 34. The van der Waals surface area contributed by atoms with Gasteiger partial charge in [0.25, 0.3) is 0 Å². The summed E-state index contributed by atoms with van der Waals surface area (Å²) in [5, 5.41) is 9.03. The third-order valence-corrected chi connectivity index (χ3v) is 8.11. The molecule has 0 aliphatic rings. The zero-order chi connectivity index (χ0) is 33.8. The van der Waals surface area contributed by atoms with Crippen LogP contribution in [0.15, 0.2) is 24.3 Å². The van der Waals surface area contributed by atoms with Crippen LogP contribution in [0.1, 0.15) is 181 Å². The second-order valence-corrected chi connectivity index (χ2v) is 12.6. The van der Waals surface area contributed by atoms with E-state index in [1.54, 1.807) is 0 Å². The fourth-order valence-corrected chi connectivity index (χ4v) is 5.25. The number of aliphatic hydroxyl groups is 1. The Morgan fingerprint density at radius 3 is 1.37 bits per heavy atom. The van der Waals surface area contributed by atoms with Crippen LogP contribution in [0.2, 0.25) is 0 Å². The minimum Gasteiger partial charge on any atom is -0.462 e. The number of allylic oxidation sites excluding steroid dienone is 2. The van der Waals surface area contributed by atoms with Gasteiger partial charge in [-0.1, -0.05) is 115 Å². The van der Waals surface area contributed by atoms with Gasteiger partial charge in [0, 0.05) is 25.9 Å². The van der Waals surface area contributed by atoms with Crippen LogP contribution in [-0.2, 0) is 28.6 Å². The molecular formula is C39H70O7. The Labute approximate surface area is 282 Å². The fraction of sp³-hybridized carbons (Fsp3) is 0.821. The van der Waals surface area contributed by atoms with Gasteiger partial charge in [-0.05, 0) is 70.6 Å². The fourth-order valence-electron chi connectivity index (χ4n) is 5.25. The lowest BCUT2D eigenvalue weighted by molar-refractivity contribution is -0.150. The molecule has 0 saturated heterocycles. The molecule has 0 aromatic rings. The van der Waals surface area contributed by atoms with Gasteiger partial charge in [0.1, 0.15) is 19.3 Å². The molecule has 0 radical (unpaired) electrons. The Hall–Kier alpha value is -2.15. The van der Waals surface area contributed by atoms with Gasteiger partial charge in [0.15, 0.2) is 0 Å². The molecule has 1 N–H and O–H groups in total. The van der Waals surface area contributed by atoms with E-state index >= 15 is 0 Å². The van der Waals surface area contributed by atoms with Crippen molar-refractivity contribution in [3.05, 3.63) is 24.3 Å². The van der Waals surface area contributed by atoms with Crippen molar-refractivity contribution in [3.8, 4) is 0 Å². The Kier molecular flexibility index (Phi) is 34.0. The van der Waals surface area contributed by atoms with Crippen LogP contribution in [0.25, 0.3) is 0 Å². The number of esters is 3. The maximum Gasteiger partial charge on any atom is 0.306 e. The topological polar surface area (TPSA) is 99.1 Å². The summed E-state index contributed by atoms with van der Waals surface area (Å²) in [6, 6.07) is 0. The Morgan fingerprint density at radius 2 is 0.913 bits per heavy atom. The summed E-state index contributed by atoms with van der Waals surface area (Å²) in [5.41, 5.74) is 0. The van der Waals surface area contributed by atoms with Crippen molar-refractivity contribution >= 4 is 17.9 Å². The highest BCUT2D eigenvalue weighted by atomic mass is 16.5. The van der Waals surface area contributed by atoms with Crippen LogP contribution in [0, 0.1) is 0 Å². The van der Waals surface area contributed by atoms with E-state index in [-0.39, 0.29) is 37.0 Å². The van der Waals surface area contributed by atoms with Gasteiger partial charge in [-0.15, -0.1) is 0 Å². The number of aliphatic hydroxyl groups excluding tert-OH is 1. The minimum absolute atomic E-state index is 0.00744. The van der Waals surface area contributed by atoms with Gasteiger partial charge >= 0.3 is 17.9 Å². The van der Waals surface area contributed by atoms with E-state index in [2.05, 4.69) is 26.0 Å². The largest absolute Gasteiger partial charge is 0.462 e. The first-order valence-electron chi connectivity index (χ1n) is 18.9. The summed E-state index contributed by atoms with van der Waals surface area (Å²) in [5.74, 6) is -0.475. The summed E-state index contributed by atoms with van der Waals surface area (Å²) in [4.78, 5) is 36.1. The molecule has 0 aliphatic carbocycles. The first kappa shape index (κ1) is 43.9. The summed E-state index contributed by atoms with van der Waals surface area (Å²) in [7, 11) is 0. The third kappa shape index (κ3) is 33.2. The van der Waals surface area contributed by atoms with Crippen molar-refractivity contribution in [2.45, 2.75) is 187 Å². The highest BCUT2D eigenvalue weighted by molar-refractivity contribution is 5.70. The lowest BCUT2D eigenvalue weighted by Gasteiger charge is -2.18. The Balaban J connectivity index is 3.98. The van der Waals surface area contributed by atoms with E-state index in [1.807, 2.05) is 12.2 Å². The van der Waals surface area contributed by atoms with E-state index in [1.165, 1.54) is 51.4 Å². The number of unbranched alkanes of at least 4 members (excludes halogenated alkanes) is 16. The van der Waals surface area contributed by atoms with Crippen molar-refractivity contribution in [1.82, 2.24) is 0 Å². The van der Waals surface area contributed by atoms with Gasteiger partial charge in [-0.3, -0.25) is 14.4 Å². The second kappa shape index (κ2) is 35.7. The third-order valence-electron chi connectivity index (χ3n) is 8.11. The SMILES string of the molecule is CCCCCC/C=C/COC(=O)CCCCCCCC(CCCCCCCC(=O)OC/C=C/CCCCCC)OC(=O)CCCO. The maximum absolute atomic E-state index is 12.2. The summed E-state index contributed by atoms with van der Waals surface area (Å²) in [6.45, 7) is 5.15. The lowest BCUT2D eigenvalue weighted by atomic mass is 10.0. The summed E-state index contributed by atoms with van der Waals surface area (Å²) < 4.78 is 16.3. The Bertz CT molecular complexity index is 709. The van der Waals surface area contributed by atoms with Gasteiger partial charge in [0.05, 0.1) is 0 Å². The molecule has 0 aliphatic heterocycles. The normalized spacial score (nSPS) is 11.6. The highest BCUT2D eigenvalue weighted by Gasteiger charge is 2.14. The molecule has 0 rings (SSSR count). The molecule has 268 valence electrons. The van der Waals surface area contributed by atoms with Gasteiger partial charge in [-0.25, -0.2) is 0 Å². The van der Waals surface area contributed by atoms with E-state index in [4.69, 9.17) is 19.3 Å². The first-order valence-corrected chi connectivity index (χ1v) is 18.9. The average molecular weight is 651 g/mol. The zero-order valence-corrected chi connectivity index (χ0v) is 29.8. The standard InChI is InChI=1S/C39H70O7/c1-3-5-7-9-11-19-25-34-44-37(41)30-23-17-13-15-21-28-36(46-39(43)32-27-33-40)29-22-16-14-18-24-31-38(42)45-35-26-20-12-10-8-6-4-2/h19-20,25-26,36,40H,3-18,21-24,27-35H2,1-2H3/b25-19+,26-20+. The van der Waals surface area contributed by atoms with Gasteiger partial charge < -0.3 is 19.3 Å². The molecule has 0 aromatic carbocycles. The molecule has 0 spiro atoms. The monoisotopic (exact) mass is 651 g/mol. The second-order valence-electron chi connectivity index (χ2n) is 12.6. The number of carbonyl (C=O) groups is 3. The molecule has 46 heavy (non-hydrogen) atoms. The molecule has 0 saturated carbocycles. The van der Waals surface area contributed by atoms with Gasteiger partial charge in [0.2, 0.25) is 0 Å². The molecule has 0 aromatic heterocycles. The van der Waals surface area contributed by atoms with Crippen LogP contribution in [0.3, 0.4) is 0 Å². The predicted octanol–water partition coefficient (Wildman–Crippen LogP) is 10.3. The number of ether oxygens (including phenoxy) is 3. The molecule has 7 heteroatoms. The molecule has 0 amide bonds. The number of hydrogen-bond acceptors (Lipinski definition) is 7. The van der Waals surface area contributed by atoms with E-state index < -0.39 is 0 Å². The van der Waals surface area contributed by atoms with E-state index in [0.29, 0.717) is 32.5 Å². The van der Waals surface area contributed by atoms with Crippen LogP contribution >= 0.6 is 0 Å². The summed E-state index contributed by atoms with van der Waals surface area (Å²) >= 11 is 0. The van der Waals surface area contributed by atoms with Crippen LogP contribution in [-0.4, -0.2) is 48.9 Å². The van der Waals surface area contributed by atoms with E-state index in [0.717, 1.165) is 89.9 Å².